The number of allylic oxidation sites excluding steroid dienone is 1. The summed E-state index contributed by atoms with van der Waals surface area (Å²) in [5, 5.41) is 10.7. The molecule has 134 valence electrons. The zero-order valence-electron chi connectivity index (χ0n) is 13.7. The van der Waals surface area contributed by atoms with Crippen LogP contribution >= 0.6 is 0 Å². The van der Waals surface area contributed by atoms with E-state index in [9.17, 15) is 22.8 Å². The van der Waals surface area contributed by atoms with Gasteiger partial charge in [0.1, 0.15) is 0 Å². The van der Waals surface area contributed by atoms with Crippen LogP contribution in [0.2, 0.25) is 0 Å². The van der Waals surface area contributed by atoms with Crippen molar-refractivity contribution < 1.29 is 27.5 Å². The van der Waals surface area contributed by atoms with Crippen LogP contribution < -0.4 is 11.1 Å². The minimum Gasteiger partial charge on any atom is -0.467 e. The Kier molecular flexibility index (Phi) is 5.81. The van der Waals surface area contributed by atoms with E-state index in [1.807, 2.05) is 0 Å². The minimum atomic E-state index is -5.37. The standard InChI is InChI=1S/C16H16F3N3O3/c1-9-4-6-11(7-5-9)13(23)22-15(14(24)25-3,16(17,18)19)12(8-20)10(2)21/h4-7H,21H2,1-3H3,(H,22,23). The van der Waals surface area contributed by atoms with Crippen molar-refractivity contribution in [2.24, 2.45) is 5.73 Å². The van der Waals surface area contributed by atoms with Crippen LogP contribution in [0, 0.1) is 18.3 Å². The van der Waals surface area contributed by atoms with Gasteiger partial charge in [0.25, 0.3) is 11.4 Å². The number of nitrogens with two attached hydrogens (primary N) is 1. The summed E-state index contributed by atoms with van der Waals surface area (Å²) in [5.74, 6) is -3.08. The molecular weight excluding hydrogens is 339 g/mol. The highest BCUT2D eigenvalue weighted by Crippen LogP contribution is 2.38. The van der Waals surface area contributed by atoms with Crippen LogP contribution in [0.25, 0.3) is 0 Å². The third-order valence-corrected chi connectivity index (χ3v) is 3.41. The van der Waals surface area contributed by atoms with Crippen LogP contribution in [0.4, 0.5) is 13.2 Å². The van der Waals surface area contributed by atoms with Gasteiger partial charge in [-0.2, -0.15) is 18.4 Å². The molecule has 1 atom stereocenters. The van der Waals surface area contributed by atoms with Crippen molar-refractivity contribution >= 4 is 11.9 Å². The van der Waals surface area contributed by atoms with Crippen LogP contribution in [0.5, 0.6) is 0 Å². The number of hydrogen-bond donors (Lipinski definition) is 2. The molecule has 0 saturated carbocycles. The maximum absolute atomic E-state index is 13.8. The monoisotopic (exact) mass is 355 g/mol. The van der Waals surface area contributed by atoms with Crippen LogP contribution in [-0.4, -0.2) is 30.7 Å². The number of benzene rings is 1. The van der Waals surface area contributed by atoms with E-state index in [-0.39, 0.29) is 5.56 Å². The molecule has 1 rings (SSSR count). The third kappa shape index (κ3) is 3.74. The summed E-state index contributed by atoms with van der Waals surface area (Å²) in [5.41, 5.74) is 0.559. The number of nitriles is 1. The molecule has 25 heavy (non-hydrogen) atoms. The molecule has 3 N–H and O–H groups in total. The number of aryl methyl sites for hydroxylation is 1. The molecule has 1 unspecified atom stereocenters. The van der Waals surface area contributed by atoms with Crippen molar-refractivity contribution in [2.45, 2.75) is 25.6 Å². The summed E-state index contributed by atoms with van der Waals surface area (Å²) in [6.45, 7) is 2.74. The summed E-state index contributed by atoms with van der Waals surface area (Å²) in [6.07, 6.45) is -5.37. The molecule has 0 heterocycles. The molecule has 0 radical (unpaired) electrons. The predicted molar refractivity (Wildman–Crippen MR) is 81.9 cm³/mol. The summed E-state index contributed by atoms with van der Waals surface area (Å²) in [4.78, 5) is 24.3. The first-order valence-corrected chi connectivity index (χ1v) is 6.92. The normalized spacial score (nSPS) is 14.6. The van der Waals surface area contributed by atoms with E-state index < -0.39 is 34.9 Å². The van der Waals surface area contributed by atoms with Crippen molar-refractivity contribution in [1.29, 1.82) is 5.26 Å². The molecule has 0 aliphatic heterocycles. The van der Waals surface area contributed by atoms with Crippen molar-refractivity contribution in [3.8, 4) is 6.07 Å². The van der Waals surface area contributed by atoms with Gasteiger partial charge < -0.3 is 15.8 Å². The molecule has 0 aromatic heterocycles. The van der Waals surface area contributed by atoms with Crippen molar-refractivity contribution in [3.63, 3.8) is 0 Å². The van der Waals surface area contributed by atoms with E-state index in [0.717, 1.165) is 12.5 Å². The second kappa shape index (κ2) is 7.25. The fraction of sp³-hybridized carbons (Fsp3) is 0.312. The number of ether oxygens (including phenoxy) is 1. The number of esters is 1. The molecule has 0 aliphatic rings. The van der Waals surface area contributed by atoms with Crippen molar-refractivity contribution in [1.82, 2.24) is 5.32 Å². The molecule has 6 nitrogen and oxygen atoms in total. The molecule has 0 fully saturated rings. The molecule has 0 saturated heterocycles. The number of hydrogen-bond acceptors (Lipinski definition) is 5. The van der Waals surface area contributed by atoms with Gasteiger partial charge in [-0.25, -0.2) is 4.79 Å². The lowest BCUT2D eigenvalue weighted by molar-refractivity contribution is -0.200. The molecule has 1 aromatic rings. The molecule has 0 spiro atoms. The average molecular weight is 355 g/mol. The topological polar surface area (TPSA) is 105 Å². The van der Waals surface area contributed by atoms with Gasteiger partial charge in [-0.15, -0.1) is 0 Å². The van der Waals surface area contributed by atoms with Crippen LogP contribution in [0.1, 0.15) is 22.8 Å². The average Bonchev–Trinajstić information content (AvgIpc) is 2.52. The Balaban J connectivity index is 3.58. The Bertz CT molecular complexity index is 745. The summed E-state index contributed by atoms with van der Waals surface area (Å²) in [6, 6.07) is 6.84. The second-order valence-electron chi connectivity index (χ2n) is 5.23. The highest BCUT2D eigenvalue weighted by atomic mass is 19.4. The van der Waals surface area contributed by atoms with Gasteiger partial charge in [-0.05, 0) is 26.0 Å². The van der Waals surface area contributed by atoms with Crippen LogP contribution in [0.15, 0.2) is 35.5 Å². The van der Waals surface area contributed by atoms with Gasteiger partial charge in [-0.3, -0.25) is 4.79 Å². The molecular formula is C16H16F3N3O3. The van der Waals surface area contributed by atoms with Crippen LogP contribution in [-0.2, 0) is 9.53 Å². The summed E-state index contributed by atoms with van der Waals surface area (Å²) in [7, 11) is 0.710. The Morgan fingerprint density at radius 3 is 2.12 bits per heavy atom. The van der Waals surface area contributed by atoms with Gasteiger partial charge in [0.15, 0.2) is 0 Å². The van der Waals surface area contributed by atoms with Gasteiger partial charge in [-0.1, -0.05) is 17.7 Å². The number of amides is 1. The fourth-order valence-electron chi connectivity index (χ4n) is 2.11. The Hall–Kier alpha value is -3.02. The van der Waals surface area contributed by atoms with E-state index >= 15 is 0 Å². The van der Waals surface area contributed by atoms with Gasteiger partial charge in [0.05, 0.1) is 18.8 Å². The largest absolute Gasteiger partial charge is 0.467 e. The first-order valence-electron chi connectivity index (χ1n) is 6.92. The van der Waals surface area contributed by atoms with Crippen molar-refractivity contribution in [3.05, 3.63) is 46.7 Å². The highest BCUT2D eigenvalue weighted by molar-refractivity contribution is 6.00. The number of rotatable bonds is 4. The lowest BCUT2D eigenvalue weighted by Gasteiger charge is -2.33. The number of nitrogens with one attached hydrogen (secondary N) is 1. The second-order valence-corrected chi connectivity index (χ2v) is 5.23. The zero-order valence-corrected chi connectivity index (χ0v) is 13.7. The number of methoxy groups -OCH3 is 1. The van der Waals surface area contributed by atoms with E-state index in [1.54, 1.807) is 12.2 Å². The minimum absolute atomic E-state index is 0.130. The van der Waals surface area contributed by atoms with Crippen LogP contribution in [0.3, 0.4) is 0 Å². The first-order chi connectivity index (χ1) is 11.5. The molecule has 1 amide bonds. The summed E-state index contributed by atoms with van der Waals surface area (Å²) >= 11 is 0. The van der Waals surface area contributed by atoms with Gasteiger partial charge in [0, 0.05) is 11.3 Å². The quantitative estimate of drug-likeness (QED) is 0.634. The maximum Gasteiger partial charge on any atom is 0.427 e. The van der Waals surface area contributed by atoms with Crippen molar-refractivity contribution in [2.75, 3.05) is 7.11 Å². The number of nitrogens with zero attached hydrogens (tertiary/aromatic N) is 1. The van der Waals surface area contributed by atoms with E-state index in [0.29, 0.717) is 7.11 Å². The molecule has 9 heteroatoms. The third-order valence-electron chi connectivity index (χ3n) is 3.41. The zero-order chi connectivity index (χ0) is 19.4. The first kappa shape index (κ1) is 20.0. The number of alkyl halides is 3. The maximum atomic E-state index is 13.8. The Morgan fingerprint density at radius 1 is 1.24 bits per heavy atom. The van der Waals surface area contributed by atoms with Gasteiger partial charge >= 0.3 is 12.1 Å². The number of carbonyl (C=O) groups excluding carboxylic acids is 2. The van der Waals surface area contributed by atoms with E-state index in [4.69, 9.17) is 11.0 Å². The number of halogens is 3. The van der Waals surface area contributed by atoms with Gasteiger partial charge in [0.2, 0.25) is 0 Å². The highest BCUT2D eigenvalue weighted by Gasteiger charge is 2.66. The van der Waals surface area contributed by atoms with E-state index in [1.165, 1.54) is 30.3 Å². The predicted octanol–water partition coefficient (Wildman–Crippen LogP) is 1.96. The molecule has 1 aromatic carbocycles. The smallest absolute Gasteiger partial charge is 0.427 e. The Labute approximate surface area is 142 Å². The summed E-state index contributed by atoms with van der Waals surface area (Å²) < 4.78 is 45.6. The number of carbonyl (C=O) groups is 2. The SMILES string of the molecule is COC(=O)C(NC(=O)c1ccc(C)cc1)(C(C#N)=C(C)N)C(F)(F)F. The Morgan fingerprint density at radius 2 is 1.76 bits per heavy atom. The molecule has 0 aliphatic carbocycles. The lowest BCUT2D eigenvalue weighted by atomic mass is 9.87. The lowest BCUT2D eigenvalue weighted by Crippen LogP contribution is -2.65. The fourth-order valence-corrected chi connectivity index (χ4v) is 2.11. The van der Waals surface area contributed by atoms with E-state index in [2.05, 4.69) is 4.74 Å². The molecule has 0 bridgehead atoms.